The van der Waals surface area contributed by atoms with Crippen LogP contribution in [-0.4, -0.2) is 28.9 Å². The number of carbonyl (C=O) groups excluding carboxylic acids is 1. The van der Waals surface area contributed by atoms with E-state index in [-0.39, 0.29) is 5.91 Å². The first-order valence-electron chi connectivity index (χ1n) is 7.08. The predicted octanol–water partition coefficient (Wildman–Crippen LogP) is 2.98. The molecule has 21 heavy (non-hydrogen) atoms. The van der Waals surface area contributed by atoms with Gasteiger partial charge in [0.2, 0.25) is 0 Å². The molecule has 112 valence electrons. The summed E-state index contributed by atoms with van der Waals surface area (Å²) in [6.07, 6.45) is 1.19. The highest BCUT2D eigenvalue weighted by molar-refractivity contribution is 7.99. The minimum atomic E-state index is -0.0531. The number of thiophene rings is 1. The smallest absolute Gasteiger partial charge is 0.263 e. The Balaban J connectivity index is 1.84. The van der Waals surface area contributed by atoms with Gasteiger partial charge < -0.3 is 11.1 Å². The van der Waals surface area contributed by atoms with E-state index in [1.807, 2.05) is 31.7 Å². The number of aromatic nitrogens is 1. The lowest BCUT2D eigenvalue weighted by Crippen LogP contribution is -2.29. The summed E-state index contributed by atoms with van der Waals surface area (Å²) in [5.74, 6) is 2.89. The van der Waals surface area contributed by atoms with E-state index >= 15 is 0 Å². The molecule has 1 fully saturated rings. The molecule has 1 unspecified atom stereocenters. The van der Waals surface area contributed by atoms with Gasteiger partial charge in [-0.2, -0.15) is 11.8 Å². The number of carbonyl (C=O) groups is 1. The monoisotopic (exact) mass is 321 g/mol. The Hall–Kier alpha value is -1.27. The molecule has 0 aliphatic carbocycles. The molecule has 1 atom stereocenters. The number of amides is 1. The summed E-state index contributed by atoms with van der Waals surface area (Å²) in [6.45, 7) is 4.64. The minimum absolute atomic E-state index is 0.0531. The molecule has 0 saturated carbocycles. The molecule has 3 rings (SSSR count). The van der Waals surface area contributed by atoms with Crippen LogP contribution in [0.1, 0.15) is 27.5 Å². The molecule has 2 aromatic heterocycles. The second kappa shape index (κ2) is 5.85. The quantitative estimate of drug-likeness (QED) is 0.912. The fraction of sp³-hybridized carbons (Fsp3) is 0.467. The maximum atomic E-state index is 12.4. The summed E-state index contributed by atoms with van der Waals surface area (Å²) < 4.78 is 1.04. The van der Waals surface area contributed by atoms with Crippen molar-refractivity contribution < 1.29 is 4.79 Å². The second-order valence-corrected chi connectivity index (χ2v) is 7.71. The average Bonchev–Trinajstić information content (AvgIpc) is 3.04. The molecule has 1 aliphatic heterocycles. The molecular formula is C15H19N3OS2. The van der Waals surface area contributed by atoms with E-state index in [4.69, 9.17) is 5.73 Å². The Bertz CT molecular complexity index is 690. The zero-order chi connectivity index (χ0) is 15.0. The summed E-state index contributed by atoms with van der Waals surface area (Å²) in [5, 5.41) is 3.96. The number of anilines is 1. The first-order chi connectivity index (χ1) is 10.1. The van der Waals surface area contributed by atoms with Crippen molar-refractivity contribution in [1.29, 1.82) is 0 Å². The lowest BCUT2D eigenvalue weighted by Gasteiger charge is -2.09. The van der Waals surface area contributed by atoms with Crippen LogP contribution in [0.5, 0.6) is 0 Å². The van der Waals surface area contributed by atoms with Crippen LogP contribution >= 0.6 is 23.1 Å². The molecule has 2 aromatic rings. The molecule has 1 amide bonds. The molecule has 3 heterocycles. The lowest BCUT2D eigenvalue weighted by molar-refractivity contribution is 0.0953. The van der Waals surface area contributed by atoms with Gasteiger partial charge in [-0.15, -0.1) is 11.3 Å². The molecule has 1 saturated heterocycles. The van der Waals surface area contributed by atoms with Crippen molar-refractivity contribution in [1.82, 2.24) is 10.3 Å². The van der Waals surface area contributed by atoms with Crippen molar-refractivity contribution >= 4 is 44.8 Å². The fourth-order valence-corrected chi connectivity index (χ4v) is 5.18. The second-order valence-electron chi connectivity index (χ2n) is 5.51. The third-order valence-corrected chi connectivity index (χ3v) is 6.18. The van der Waals surface area contributed by atoms with Crippen LogP contribution in [0.4, 0.5) is 5.69 Å². The number of pyridine rings is 1. The zero-order valence-electron chi connectivity index (χ0n) is 12.2. The Kier molecular flexibility index (Phi) is 4.08. The number of nitrogen functional groups attached to an aromatic ring is 1. The first kappa shape index (κ1) is 14.7. The highest BCUT2D eigenvalue weighted by Crippen LogP contribution is 2.35. The Morgan fingerprint density at radius 2 is 2.33 bits per heavy atom. The molecular weight excluding hydrogens is 302 g/mol. The predicted molar refractivity (Wildman–Crippen MR) is 91.3 cm³/mol. The van der Waals surface area contributed by atoms with Crippen LogP contribution < -0.4 is 11.1 Å². The summed E-state index contributed by atoms with van der Waals surface area (Å²) in [6, 6.07) is 1.99. The van der Waals surface area contributed by atoms with Gasteiger partial charge in [-0.25, -0.2) is 0 Å². The summed E-state index contributed by atoms with van der Waals surface area (Å²) >= 11 is 3.42. The van der Waals surface area contributed by atoms with Crippen LogP contribution in [-0.2, 0) is 0 Å². The highest BCUT2D eigenvalue weighted by Gasteiger charge is 2.21. The van der Waals surface area contributed by atoms with Crippen molar-refractivity contribution in [2.75, 3.05) is 23.8 Å². The highest BCUT2D eigenvalue weighted by atomic mass is 32.2. The SMILES string of the molecule is Cc1cc2sc(C(=O)NCC3CCSC3)c(N)c2c(C)n1. The third-order valence-electron chi connectivity index (χ3n) is 3.80. The number of fused-ring (bicyclic) bond motifs is 1. The molecule has 0 spiro atoms. The molecule has 1 aliphatic rings. The van der Waals surface area contributed by atoms with Crippen molar-refractivity contribution in [3.63, 3.8) is 0 Å². The van der Waals surface area contributed by atoms with Crippen molar-refractivity contribution in [3.8, 4) is 0 Å². The number of aryl methyl sites for hydroxylation is 2. The van der Waals surface area contributed by atoms with E-state index < -0.39 is 0 Å². The Morgan fingerprint density at radius 3 is 3.05 bits per heavy atom. The number of nitrogens with zero attached hydrogens (tertiary/aromatic N) is 1. The van der Waals surface area contributed by atoms with Crippen LogP contribution in [0, 0.1) is 19.8 Å². The maximum absolute atomic E-state index is 12.4. The number of nitrogens with one attached hydrogen (secondary N) is 1. The minimum Gasteiger partial charge on any atom is -0.397 e. The van der Waals surface area contributed by atoms with E-state index in [1.165, 1.54) is 23.5 Å². The normalized spacial score (nSPS) is 18.3. The Morgan fingerprint density at radius 1 is 1.52 bits per heavy atom. The fourth-order valence-electron chi connectivity index (χ4n) is 2.71. The largest absolute Gasteiger partial charge is 0.397 e. The van der Waals surface area contributed by atoms with Crippen molar-refractivity contribution in [3.05, 3.63) is 22.3 Å². The van der Waals surface area contributed by atoms with Gasteiger partial charge in [-0.3, -0.25) is 9.78 Å². The van der Waals surface area contributed by atoms with Crippen LogP contribution in [0.25, 0.3) is 10.1 Å². The van der Waals surface area contributed by atoms with Crippen LogP contribution in [0.15, 0.2) is 6.07 Å². The number of hydrogen-bond acceptors (Lipinski definition) is 5. The van der Waals surface area contributed by atoms with Gasteiger partial charge in [0.05, 0.1) is 5.69 Å². The average molecular weight is 321 g/mol. The molecule has 0 aromatic carbocycles. The lowest BCUT2D eigenvalue weighted by atomic mass is 10.1. The number of nitrogens with two attached hydrogens (primary N) is 1. The zero-order valence-corrected chi connectivity index (χ0v) is 13.9. The number of rotatable bonds is 3. The van der Waals surface area contributed by atoms with Gasteiger partial charge >= 0.3 is 0 Å². The maximum Gasteiger partial charge on any atom is 0.263 e. The van der Waals surface area contributed by atoms with Gasteiger partial charge in [0.25, 0.3) is 5.91 Å². The van der Waals surface area contributed by atoms with Gasteiger partial charge in [0, 0.05) is 28.0 Å². The van der Waals surface area contributed by atoms with Crippen LogP contribution in [0.2, 0.25) is 0 Å². The van der Waals surface area contributed by atoms with Gasteiger partial charge in [0.15, 0.2) is 0 Å². The van der Waals surface area contributed by atoms with Gasteiger partial charge in [0.1, 0.15) is 4.88 Å². The van der Waals surface area contributed by atoms with Crippen molar-refractivity contribution in [2.45, 2.75) is 20.3 Å². The molecule has 4 nitrogen and oxygen atoms in total. The third kappa shape index (κ3) is 2.87. The molecule has 3 N–H and O–H groups in total. The summed E-state index contributed by atoms with van der Waals surface area (Å²) in [5.41, 5.74) is 8.60. The van der Waals surface area contributed by atoms with Crippen LogP contribution in [0.3, 0.4) is 0 Å². The number of hydrogen-bond donors (Lipinski definition) is 2. The van der Waals surface area contributed by atoms with E-state index in [1.54, 1.807) is 0 Å². The molecule has 0 bridgehead atoms. The van der Waals surface area contributed by atoms with Gasteiger partial charge in [-0.05, 0) is 43.8 Å². The standard InChI is InChI=1S/C15H19N3OS2/c1-8-5-11-12(9(2)18-8)13(16)14(21-11)15(19)17-6-10-3-4-20-7-10/h5,10H,3-4,6-7,16H2,1-2H3,(H,17,19). The van der Waals surface area contributed by atoms with E-state index in [2.05, 4.69) is 10.3 Å². The Labute approximate surface area is 132 Å². The molecule has 0 radical (unpaired) electrons. The summed E-state index contributed by atoms with van der Waals surface area (Å²) in [7, 11) is 0. The topological polar surface area (TPSA) is 68.0 Å². The van der Waals surface area contributed by atoms with E-state index in [9.17, 15) is 4.79 Å². The summed E-state index contributed by atoms with van der Waals surface area (Å²) in [4.78, 5) is 17.4. The molecule has 6 heteroatoms. The van der Waals surface area contributed by atoms with E-state index in [0.29, 0.717) is 16.5 Å². The first-order valence-corrected chi connectivity index (χ1v) is 9.05. The van der Waals surface area contributed by atoms with E-state index in [0.717, 1.165) is 33.8 Å². The van der Waals surface area contributed by atoms with Gasteiger partial charge in [-0.1, -0.05) is 0 Å². The number of thioether (sulfide) groups is 1. The van der Waals surface area contributed by atoms with Crippen molar-refractivity contribution in [2.24, 2.45) is 5.92 Å².